The molecule has 0 unspecified atom stereocenters. The van der Waals surface area contributed by atoms with Gasteiger partial charge < -0.3 is 9.88 Å². The molecule has 2 aliphatic rings. The van der Waals surface area contributed by atoms with E-state index in [0.29, 0.717) is 13.1 Å². The van der Waals surface area contributed by atoms with Gasteiger partial charge >= 0.3 is 0 Å². The van der Waals surface area contributed by atoms with Crippen molar-refractivity contribution in [1.29, 1.82) is 0 Å². The van der Waals surface area contributed by atoms with E-state index >= 15 is 0 Å². The molecule has 1 aromatic carbocycles. The Labute approximate surface area is 124 Å². The van der Waals surface area contributed by atoms with Crippen molar-refractivity contribution in [2.75, 3.05) is 31.1 Å². The van der Waals surface area contributed by atoms with Gasteiger partial charge in [0.25, 0.3) is 0 Å². The number of piperazine rings is 1. The Hall–Kier alpha value is -1.53. The smallest absolute Gasteiger partial charge is 0.217 e. The quantitative estimate of drug-likeness (QED) is 0.940. The second-order valence-corrected chi connectivity index (χ2v) is 8.06. The van der Waals surface area contributed by atoms with Crippen LogP contribution in [0.1, 0.15) is 12.8 Å². The first-order valence-corrected chi connectivity index (χ1v) is 8.96. The number of aromatic amines is 1. The van der Waals surface area contributed by atoms with Crippen LogP contribution in [0.15, 0.2) is 30.5 Å². The highest BCUT2D eigenvalue weighted by molar-refractivity contribution is 7.90. The first-order valence-electron chi connectivity index (χ1n) is 7.46. The highest BCUT2D eigenvalue weighted by Crippen LogP contribution is 2.32. The fourth-order valence-corrected chi connectivity index (χ4v) is 4.93. The molecule has 0 bridgehead atoms. The molecule has 1 aliphatic heterocycles. The molecule has 0 amide bonds. The summed E-state index contributed by atoms with van der Waals surface area (Å²) < 4.78 is 26.2. The zero-order valence-electron chi connectivity index (χ0n) is 11.8. The van der Waals surface area contributed by atoms with E-state index in [2.05, 4.69) is 28.1 Å². The molecule has 1 aromatic heterocycles. The fourth-order valence-electron chi connectivity index (χ4n) is 3.10. The number of aromatic nitrogens is 1. The number of anilines is 1. The van der Waals surface area contributed by atoms with Gasteiger partial charge in [0.1, 0.15) is 0 Å². The van der Waals surface area contributed by atoms with Gasteiger partial charge in [0.2, 0.25) is 10.0 Å². The minimum Gasteiger partial charge on any atom is -0.368 e. The monoisotopic (exact) mass is 305 g/mol. The van der Waals surface area contributed by atoms with Crippen LogP contribution < -0.4 is 4.90 Å². The third-order valence-corrected chi connectivity index (χ3v) is 6.86. The molecule has 6 heteroatoms. The number of hydrogen-bond acceptors (Lipinski definition) is 3. The van der Waals surface area contributed by atoms with Gasteiger partial charge in [-0.1, -0.05) is 6.07 Å². The third kappa shape index (κ3) is 2.22. The van der Waals surface area contributed by atoms with Crippen LogP contribution in [0.4, 0.5) is 5.69 Å². The predicted molar refractivity (Wildman–Crippen MR) is 84.0 cm³/mol. The second kappa shape index (κ2) is 4.74. The average Bonchev–Trinajstić information content (AvgIpc) is 3.26. The first kappa shape index (κ1) is 13.2. The Kier molecular flexibility index (Phi) is 2.97. The Morgan fingerprint density at radius 1 is 1.05 bits per heavy atom. The fraction of sp³-hybridized carbons (Fsp3) is 0.467. The van der Waals surface area contributed by atoms with E-state index in [4.69, 9.17) is 0 Å². The molecule has 4 rings (SSSR count). The molecule has 1 saturated carbocycles. The Balaban J connectivity index is 1.54. The molecular formula is C15H19N3O2S. The van der Waals surface area contributed by atoms with Crippen molar-refractivity contribution in [3.05, 3.63) is 30.5 Å². The molecule has 2 aromatic rings. The van der Waals surface area contributed by atoms with Crippen LogP contribution in [0.5, 0.6) is 0 Å². The van der Waals surface area contributed by atoms with E-state index in [-0.39, 0.29) is 5.25 Å². The number of rotatable bonds is 3. The number of H-pyrrole nitrogens is 1. The van der Waals surface area contributed by atoms with Crippen LogP contribution in [0.3, 0.4) is 0 Å². The normalized spacial score (nSPS) is 21.0. The minimum atomic E-state index is -3.03. The van der Waals surface area contributed by atoms with Crippen molar-refractivity contribution in [3.63, 3.8) is 0 Å². The van der Waals surface area contributed by atoms with Gasteiger partial charge in [0.15, 0.2) is 0 Å². The van der Waals surface area contributed by atoms with Crippen molar-refractivity contribution < 1.29 is 8.42 Å². The Morgan fingerprint density at radius 2 is 1.81 bits per heavy atom. The van der Waals surface area contributed by atoms with Gasteiger partial charge in [-0.05, 0) is 31.0 Å². The number of nitrogens with one attached hydrogen (secondary N) is 1. The maximum Gasteiger partial charge on any atom is 0.217 e. The number of sulfonamides is 1. The summed E-state index contributed by atoms with van der Waals surface area (Å²) >= 11 is 0. The van der Waals surface area contributed by atoms with Gasteiger partial charge in [-0.25, -0.2) is 8.42 Å². The van der Waals surface area contributed by atoms with E-state index in [0.717, 1.165) is 31.4 Å². The lowest BCUT2D eigenvalue weighted by Gasteiger charge is -2.35. The largest absolute Gasteiger partial charge is 0.368 e. The van der Waals surface area contributed by atoms with Crippen LogP contribution in [-0.4, -0.2) is 49.1 Å². The third-order valence-electron chi connectivity index (χ3n) is 4.46. The molecule has 5 nitrogen and oxygen atoms in total. The van der Waals surface area contributed by atoms with Gasteiger partial charge in [0.05, 0.1) is 5.25 Å². The van der Waals surface area contributed by atoms with Crippen LogP contribution in [0.2, 0.25) is 0 Å². The van der Waals surface area contributed by atoms with Crippen molar-refractivity contribution in [1.82, 2.24) is 9.29 Å². The second-order valence-electron chi connectivity index (χ2n) is 5.85. The zero-order valence-corrected chi connectivity index (χ0v) is 12.6. The molecule has 1 saturated heterocycles. The molecule has 0 atom stereocenters. The Bertz CT molecular complexity index is 756. The first-order chi connectivity index (χ1) is 10.2. The SMILES string of the molecule is O=S(=O)(C1CC1)N1CCN(c2cccc3[nH]ccc23)CC1. The van der Waals surface area contributed by atoms with E-state index in [1.807, 2.05) is 12.3 Å². The number of hydrogen-bond donors (Lipinski definition) is 1. The van der Waals surface area contributed by atoms with Gasteiger partial charge in [-0.3, -0.25) is 0 Å². The van der Waals surface area contributed by atoms with Gasteiger partial charge in [-0.2, -0.15) is 4.31 Å². The number of benzene rings is 1. The van der Waals surface area contributed by atoms with Crippen molar-refractivity contribution >= 4 is 26.6 Å². The molecular weight excluding hydrogens is 286 g/mol. The van der Waals surface area contributed by atoms with Gasteiger partial charge in [-0.15, -0.1) is 0 Å². The number of nitrogens with zero attached hydrogens (tertiary/aromatic N) is 2. The lowest BCUT2D eigenvalue weighted by Crippen LogP contribution is -2.49. The summed E-state index contributed by atoms with van der Waals surface area (Å²) in [7, 11) is -3.03. The summed E-state index contributed by atoms with van der Waals surface area (Å²) in [5.41, 5.74) is 2.32. The van der Waals surface area contributed by atoms with Crippen LogP contribution >= 0.6 is 0 Å². The summed E-state index contributed by atoms with van der Waals surface area (Å²) in [6.07, 6.45) is 3.62. The molecule has 0 radical (unpaired) electrons. The van der Waals surface area contributed by atoms with Gasteiger partial charge in [0, 0.05) is 49.0 Å². The maximum absolute atomic E-state index is 12.3. The maximum atomic E-state index is 12.3. The summed E-state index contributed by atoms with van der Waals surface area (Å²) in [6.45, 7) is 2.71. The van der Waals surface area contributed by atoms with Crippen molar-refractivity contribution in [3.8, 4) is 0 Å². The lowest BCUT2D eigenvalue weighted by atomic mass is 10.2. The average molecular weight is 305 g/mol. The van der Waals surface area contributed by atoms with Crippen molar-refractivity contribution in [2.45, 2.75) is 18.1 Å². The van der Waals surface area contributed by atoms with E-state index in [1.54, 1.807) is 4.31 Å². The summed E-state index contributed by atoms with van der Waals surface area (Å²) in [4.78, 5) is 5.51. The zero-order chi connectivity index (χ0) is 14.4. The van der Waals surface area contributed by atoms with E-state index in [9.17, 15) is 8.42 Å². The molecule has 1 N–H and O–H groups in total. The lowest BCUT2D eigenvalue weighted by molar-refractivity contribution is 0.384. The number of fused-ring (bicyclic) bond motifs is 1. The molecule has 1 aliphatic carbocycles. The Morgan fingerprint density at radius 3 is 2.52 bits per heavy atom. The highest BCUT2D eigenvalue weighted by atomic mass is 32.2. The summed E-state index contributed by atoms with van der Waals surface area (Å²) in [5, 5.41) is 1.10. The molecule has 2 fully saturated rings. The predicted octanol–water partition coefficient (Wildman–Crippen LogP) is 1.78. The minimum absolute atomic E-state index is 0.0999. The van der Waals surface area contributed by atoms with E-state index in [1.165, 1.54) is 11.1 Å². The van der Waals surface area contributed by atoms with Crippen LogP contribution in [0, 0.1) is 0 Å². The highest BCUT2D eigenvalue weighted by Gasteiger charge is 2.41. The standard InChI is InChI=1S/C15H19N3O2S/c19-21(20,12-4-5-12)18-10-8-17(9-11-18)15-3-1-2-14-13(15)6-7-16-14/h1-3,6-7,12,16H,4-5,8-11H2. The molecule has 21 heavy (non-hydrogen) atoms. The van der Waals surface area contributed by atoms with Crippen LogP contribution in [-0.2, 0) is 10.0 Å². The van der Waals surface area contributed by atoms with Crippen LogP contribution in [0.25, 0.3) is 10.9 Å². The molecule has 112 valence electrons. The molecule has 0 spiro atoms. The molecule has 2 heterocycles. The topological polar surface area (TPSA) is 56.4 Å². The summed E-state index contributed by atoms with van der Waals surface area (Å²) in [6, 6.07) is 8.30. The van der Waals surface area contributed by atoms with E-state index < -0.39 is 10.0 Å². The summed E-state index contributed by atoms with van der Waals surface area (Å²) in [5.74, 6) is 0. The van der Waals surface area contributed by atoms with Crippen molar-refractivity contribution in [2.24, 2.45) is 0 Å².